The molecule has 2 fully saturated rings. The Balaban J connectivity index is 1.97. The predicted octanol–water partition coefficient (Wildman–Crippen LogP) is 5.65. The highest BCUT2D eigenvalue weighted by atomic mass is 16.2. The van der Waals surface area contributed by atoms with Crippen LogP contribution in [0.2, 0.25) is 0 Å². The van der Waals surface area contributed by atoms with Crippen LogP contribution in [0.4, 0.5) is 0 Å². The summed E-state index contributed by atoms with van der Waals surface area (Å²) in [4.78, 5) is 40.4. The number of rotatable bonds is 12. The van der Waals surface area contributed by atoms with Gasteiger partial charge in [-0.1, -0.05) is 79.1 Å². The minimum atomic E-state index is -0.440. The first-order chi connectivity index (χ1) is 15.4. The Kier molecular flexibility index (Phi) is 11.2. The topological polar surface area (TPSA) is 66.5 Å². The Morgan fingerprint density at radius 3 is 2.22 bits per heavy atom. The smallest absolute Gasteiger partial charge is 0.243 e. The van der Waals surface area contributed by atoms with E-state index in [0.717, 1.165) is 44.8 Å². The van der Waals surface area contributed by atoms with E-state index in [9.17, 15) is 14.4 Å². The molecular formula is C27H48N2O3. The van der Waals surface area contributed by atoms with Gasteiger partial charge in [-0.3, -0.25) is 9.59 Å². The fourth-order valence-electron chi connectivity index (χ4n) is 5.99. The van der Waals surface area contributed by atoms with Crippen molar-refractivity contribution in [3.63, 3.8) is 0 Å². The van der Waals surface area contributed by atoms with Gasteiger partial charge in [-0.15, -0.1) is 0 Å². The minimum Gasteiger partial charge on any atom is -0.345 e. The molecule has 1 heterocycles. The number of nitrogens with zero attached hydrogens (tertiary/aromatic N) is 1. The number of hydrogen-bond acceptors (Lipinski definition) is 3. The van der Waals surface area contributed by atoms with Gasteiger partial charge in [-0.05, 0) is 50.4 Å². The number of unbranched alkanes of at least 4 members (excludes halogenated alkanes) is 5. The monoisotopic (exact) mass is 448 g/mol. The molecule has 32 heavy (non-hydrogen) atoms. The average Bonchev–Trinajstić information content (AvgIpc) is 3.22. The van der Waals surface area contributed by atoms with Crippen LogP contribution in [0, 0.1) is 17.3 Å². The van der Waals surface area contributed by atoms with Crippen LogP contribution in [0.15, 0.2) is 0 Å². The largest absolute Gasteiger partial charge is 0.345 e. The maximum Gasteiger partial charge on any atom is 0.243 e. The van der Waals surface area contributed by atoms with Crippen molar-refractivity contribution in [3.05, 3.63) is 0 Å². The van der Waals surface area contributed by atoms with Gasteiger partial charge in [0, 0.05) is 12.0 Å². The summed E-state index contributed by atoms with van der Waals surface area (Å²) in [6.07, 6.45) is 15.1. The van der Waals surface area contributed by atoms with Crippen LogP contribution in [0.25, 0.3) is 0 Å². The fourth-order valence-corrected chi connectivity index (χ4v) is 5.99. The molecule has 4 unspecified atom stereocenters. The molecule has 1 aliphatic heterocycles. The molecule has 1 saturated carbocycles. The Hall–Kier alpha value is -1.39. The third-order valence-electron chi connectivity index (χ3n) is 7.94. The van der Waals surface area contributed by atoms with Gasteiger partial charge in [0.05, 0.1) is 6.04 Å². The number of amides is 2. The van der Waals surface area contributed by atoms with E-state index in [2.05, 4.69) is 33.0 Å². The van der Waals surface area contributed by atoms with Gasteiger partial charge in [-0.2, -0.15) is 0 Å². The molecule has 5 heteroatoms. The van der Waals surface area contributed by atoms with E-state index in [0.29, 0.717) is 31.2 Å². The third-order valence-corrected chi connectivity index (χ3v) is 7.94. The molecule has 5 nitrogen and oxygen atoms in total. The normalized spacial score (nSPS) is 29.4. The summed E-state index contributed by atoms with van der Waals surface area (Å²) in [6, 6.07) is -0.865. The van der Waals surface area contributed by atoms with Gasteiger partial charge in [0.2, 0.25) is 11.8 Å². The standard InChI is InChI=1S/C27H48N2O3/c1-5-7-8-9-10-11-13-23(20-30)28-25(31)24-14-12-17-29(24)26(32)27(6-2)18-21(3)15-16-22(4)19-27/h20-24H,5-19H2,1-4H3,(H,28,31). The lowest BCUT2D eigenvalue weighted by Gasteiger charge is -2.38. The Bertz CT molecular complexity index is 594. The molecule has 1 N–H and O–H groups in total. The molecule has 2 amide bonds. The molecule has 0 aromatic rings. The van der Waals surface area contributed by atoms with Crippen LogP contribution >= 0.6 is 0 Å². The summed E-state index contributed by atoms with van der Waals surface area (Å²) in [5.41, 5.74) is -0.346. The number of aldehydes is 1. The van der Waals surface area contributed by atoms with Gasteiger partial charge in [-0.25, -0.2) is 0 Å². The molecule has 0 aromatic carbocycles. The molecule has 0 spiro atoms. The van der Waals surface area contributed by atoms with Crippen molar-refractivity contribution in [2.45, 2.75) is 130 Å². The molecule has 4 atom stereocenters. The van der Waals surface area contributed by atoms with E-state index >= 15 is 0 Å². The lowest BCUT2D eigenvalue weighted by molar-refractivity contribution is -0.149. The van der Waals surface area contributed by atoms with Gasteiger partial charge in [0.1, 0.15) is 12.3 Å². The highest BCUT2D eigenvalue weighted by Gasteiger charge is 2.47. The average molecular weight is 449 g/mol. The van der Waals surface area contributed by atoms with E-state index < -0.39 is 12.1 Å². The van der Waals surface area contributed by atoms with Crippen molar-refractivity contribution in [2.24, 2.45) is 17.3 Å². The van der Waals surface area contributed by atoms with Crippen molar-refractivity contribution >= 4 is 18.1 Å². The highest BCUT2D eigenvalue weighted by molar-refractivity contribution is 5.91. The number of carbonyl (C=O) groups is 3. The summed E-state index contributed by atoms with van der Waals surface area (Å²) >= 11 is 0. The lowest BCUT2D eigenvalue weighted by atomic mass is 9.72. The maximum atomic E-state index is 13.8. The zero-order valence-electron chi connectivity index (χ0n) is 21.2. The zero-order valence-corrected chi connectivity index (χ0v) is 21.2. The van der Waals surface area contributed by atoms with Crippen molar-refractivity contribution in [1.82, 2.24) is 10.2 Å². The lowest BCUT2D eigenvalue weighted by Crippen LogP contribution is -2.53. The van der Waals surface area contributed by atoms with Crippen LogP contribution < -0.4 is 5.32 Å². The van der Waals surface area contributed by atoms with E-state index in [-0.39, 0.29) is 17.2 Å². The first-order valence-electron chi connectivity index (χ1n) is 13.4. The van der Waals surface area contributed by atoms with Crippen LogP contribution in [0.3, 0.4) is 0 Å². The van der Waals surface area contributed by atoms with Crippen molar-refractivity contribution in [1.29, 1.82) is 0 Å². The van der Waals surface area contributed by atoms with Gasteiger partial charge in [0.25, 0.3) is 0 Å². The summed E-state index contributed by atoms with van der Waals surface area (Å²) < 4.78 is 0. The summed E-state index contributed by atoms with van der Waals surface area (Å²) in [6.45, 7) is 9.53. The predicted molar refractivity (Wildman–Crippen MR) is 130 cm³/mol. The number of carbonyl (C=O) groups excluding carboxylic acids is 3. The number of hydrogen-bond donors (Lipinski definition) is 1. The first kappa shape index (κ1) is 26.9. The third kappa shape index (κ3) is 7.31. The first-order valence-corrected chi connectivity index (χ1v) is 13.4. The van der Waals surface area contributed by atoms with Gasteiger partial charge < -0.3 is 15.0 Å². The number of likely N-dealkylation sites (tertiary alicyclic amines) is 1. The Morgan fingerprint density at radius 2 is 1.62 bits per heavy atom. The molecule has 0 aromatic heterocycles. The van der Waals surface area contributed by atoms with Crippen molar-refractivity contribution < 1.29 is 14.4 Å². The maximum absolute atomic E-state index is 13.8. The summed E-state index contributed by atoms with van der Waals surface area (Å²) in [7, 11) is 0. The molecular weight excluding hydrogens is 400 g/mol. The van der Waals surface area contributed by atoms with Crippen molar-refractivity contribution in [3.8, 4) is 0 Å². The van der Waals surface area contributed by atoms with Crippen LogP contribution in [0.5, 0.6) is 0 Å². The molecule has 1 saturated heterocycles. The molecule has 0 radical (unpaired) electrons. The molecule has 2 aliphatic rings. The van der Waals surface area contributed by atoms with E-state index in [4.69, 9.17) is 0 Å². The Morgan fingerprint density at radius 1 is 1.00 bits per heavy atom. The molecule has 2 rings (SSSR count). The second kappa shape index (κ2) is 13.3. The Labute approximate surface area is 196 Å². The van der Waals surface area contributed by atoms with E-state index in [1.807, 2.05) is 4.90 Å². The second-order valence-electron chi connectivity index (χ2n) is 10.8. The molecule has 1 aliphatic carbocycles. The second-order valence-corrected chi connectivity index (χ2v) is 10.8. The minimum absolute atomic E-state index is 0.139. The van der Waals surface area contributed by atoms with Crippen LogP contribution in [0.1, 0.15) is 118 Å². The van der Waals surface area contributed by atoms with E-state index in [1.54, 1.807) is 0 Å². The molecule has 184 valence electrons. The van der Waals surface area contributed by atoms with Gasteiger partial charge in [0.15, 0.2) is 0 Å². The SMILES string of the molecule is CCCCCCCCC(C=O)NC(=O)C1CCCN1C(=O)C1(CC)CC(C)CCC(C)C1. The van der Waals surface area contributed by atoms with Crippen molar-refractivity contribution in [2.75, 3.05) is 6.54 Å². The van der Waals surface area contributed by atoms with Crippen LogP contribution in [-0.4, -0.2) is 41.6 Å². The zero-order chi connectivity index (χ0) is 23.6. The van der Waals surface area contributed by atoms with Gasteiger partial charge >= 0.3 is 0 Å². The van der Waals surface area contributed by atoms with E-state index in [1.165, 1.54) is 38.5 Å². The quantitative estimate of drug-likeness (QED) is 0.238. The highest BCUT2D eigenvalue weighted by Crippen LogP contribution is 2.45. The van der Waals surface area contributed by atoms with Crippen LogP contribution in [-0.2, 0) is 14.4 Å². The summed E-state index contributed by atoms with van der Waals surface area (Å²) in [5, 5.41) is 2.96. The number of nitrogens with one attached hydrogen (secondary N) is 1. The molecule has 0 bridgehead atoms. The fraction of sp³-hybridized carbons (Fsp3) is 0.889. The summed E-state index contributed by atoms with van der Waals surface area (Å²) in [5.74, 6) is 1.11.